The third kappa shape index (κ3) is 2.47. The Kier molecular flexibility index (Phi) is 3.24. The minimum atomic E-state index is 0.523. The summed E-state index contributed by atoms with van der Waals surface area (Å²) in [7, 11) is 0. The van der Waals surface area contributed by atoms with Gasteiger partial charge in [-0.1, -0.05) is 12.1 Å². The summed E-state index contributed by atoms with van der Waals surface area (Å²) in [4.78, 5) is 4.42. The second-order valence-corrected chi connectivity index (χ2v) is 5.71. The van der Waals surface area contributed by atoms with E-state index in [1.54, 1.807) is 0 Å². The molecule has 1 fully saturated rings. The van der Waals surface area contributed by atoms with Gasteiger partial charge >= 0.3 is 0 Å². The van der Waals surface area contributed by atoms with Crippen molar-refractivity contribution in [3.63, 3.8) is 0 Å². The minimum Gasteiger partial charge on any atom is -0.381 e. The third-order valence-corrected chi connectivity index (χ3v) is 4.29. The molecule has 0 saturated carbocycles. The van der Waals surface area contributed by atoms with Gasteiger partial charge in [-0.2, -0.15) is 0 Å². The number of aromatic nitrogens is 1. The van der Waals surface area contributed by atoms with Crippen molar-refractivity contribution in [1.29, 1.82) is 0 Å². The Morgan fingerprint density at radius 3 is 3.10 bits per heavy atom. The van der Waals surface area contributed by atoms with Crippen LogP contribution in [0, 0.1) is 0 Å². The predicted molar refractivity (Wildman–Crippen MR) is 84.1 cm³/mol. The molecule has 0 unspecified atom stereocenters. The lowest BCUT2D eigenvalue weighted by atomic mass is 9.93. The van der Waals surface area contributed by atoms with Gasteiger partial charge < -0.3 is 15.4 Å². The molecule has 21 heavy (non-hydrogen) atoms. The maximum atomic E-state index is 5.61. The van der Waals surface area contributed by atoms with Crippen molar-refractivity contribution in [3.8, 4) is 0 Å². The van der Waals surface area contributed by atoms with Crippen LogP contribution in [0.3, 0.4) is 0 Å². The highest BCUT2D eigenvalue weighted by molar-refractivity contribution is 5.77. The molecule has 0 aliphatic carbocycles. The lowest BCUT2D eigenvalue weighted by molar-refractivity contribution is 0.0804. The summed E-state index contributed by atoms with van der Waals surface area (Å²) in [5.41, 5.74) is 4.79. The summed E-state index contributed by atoms with van der Waals surface area (Å²) >= 11 is 0. The summed E-state index contributed by atoms with van der Waals surface area (Å²) in [6, 6.07) is 10.7. The number of hydrogen-bond donors (Lipinski definition) is 2. The first kappa shape index (κ1) is 12.7. The molecule has 0 amide bonds. The molecule has 0 spiro atoms. The number of pyridine rings is 1. The second kappa shape index (κ2) is 5.37. The van der Waals surface area contributed by atoms with E-state index in [1.807, 2.05) is 12.3 Å². The highest BCUT2D eigenvalue weighted by Gasteiger charge is 2.19. The van der Waals surface area contributed by atoms with Crippen LogP contribution < -0.4 is 10.6 Å². The van der Waals surface area contributed by atoms with Crippen LogP contribution >= 0.6 is 0 Å². The Hall–Kier alpha value is -2.07. The molecule has 2 aromatic rings. The molecular formula is C17H19N3O. The Bertz CT molecular complexity index is 650. The number of fused-ring (bicyclic) bond motifs is 2. The molecule has 2 aliphatic rings. The minimum absolute atomic E-state index is 0.523. The van der Waals surface area contributed by atoms with E-state index in [9.17, 15) is 0 Å². The summed E-state index contributed by atoms with van der Waals surface area (Å²) in [5, 5.41) is 6.95. The first-order valence-corrected chi connectivity index (χ1v) is 7.56. The van der Waals surface area contributed by atoms with Gasteiger partial charge in [-0.3, -0.25) is 0 Å². The second-order valence-electron chi connectivity index (χ2n) is 5.71. The van der Waals surface area contributed by atoms with Crippen molar-refractivity contribution in [2.45, 2.75) is 25.3 Å². The van der Waals surface area contributed by atoms with Crippen LogP contribution in [0.15, 0.2) is 36.5 Å². The SMILES string of the molecule is c1cnc2c(c1)CNc1cc([C@@H]3CCCOC3)ccc1N2. The summed E-state index contributed by atoms with van der Waals surface area (Å²) in [6.07, 6.45) is 4.20. The van der Waals surface area contributed by atoms with Crippen molar-refractivity contribution in [3.05, 3.63) is 47.7 Å². The third-order valence-electron chi connectivity index (χ3n) is 4.29. The first-order valence-electron chi connectivity index (χ1n) is 7.56. The molecule has 4 nitrogen and oxygen atoms in total. The maximum absolute atomic E-state index is 5.61. The topological polar surface area (TPSA) is 46.2 Å². The maximum Gasteiger partial charge on any atom is 0.135 e. The predicted octanol–water partition coefficient (Wildman–Crippen LogP) is 3.64. The quantitative estimate of drug-likeness (QED) is 0.837. The van der Waals surface area contributed by atoms with Crippen molar-refractivity contribution in [1.82, 2.24) is 4.98 Å². The Morgan fingerprint density at radius 2 is 2.19 bits per heavy atom. The van der Waals surface area contributed by atoms with Crippen LogP contribution in [0.4, 0.5) is 17.2 Å². The fourth-order valence-electron chi connectivity index (χ4n) is 3.09. The van der Waals surface area contributed by atoms with Gasteiger partial charge in [0.05, 0.1) is 18.0 Å². The van der Waals surface area contributed by atoms with Gasteiger partial charge in [0, 0.05) is 30.8 Å². The zero-order valence-corrected chi connectivity index (χ0v) is 11.9. The van der Waals surface area contributed by atoms with E-state index >= 15 is 0 Å². The van der Waals surface area contributed by atoms with E-state index < -0.39 is 0 Å². The van der Waals surface area contributed by atoms with E-state index in [2.05, 4.69) is 39.9 Å². The molecule has 3 heterocycles. The van der Waals surface area contributed by atoms with Gasteiger partial charge in [0.2, 0.25) is 0 Å². The van der Waals surface area contributed by atoms with Crippen LogP contribution in [-0.2, 0) is 11.3 Å². The van der Waals surface area contributed by atoms with E-state index in [4.69, 9.17) is 4.74 Å². The molecule has 4 heteroatoms. The van der Waals surface area contributed by atoms with Crippen molar-refractivity contribution in [2.75, 3.05) is 23.8 Å². The van der Waals surface area contributed by atoms with Gasteiger partial charge in [-0.05, 0) is 36.6 Å². The molecule has 4 rings (SSSR count). The molecule has 1 aromatic heterocycles. The summed E-state index contributed by atoms with van der Waals surface area (Å²) < 4.78 is 5.61. The molecule has 2 N–H and O–H groups in total. The molecular weight excluding hydrogens is 262 g/mol. The molecule has 0 bridgehead atoms. The van der Waals surface area contributed by atoms with Gasteiger partial charge in [-0.25, -0.2) is 4.98 Å². The van der Waals surface area contributed by atoms with Crippen LogP contribution in [0.1, 0.15) is 29.9 Å². The molecule has 1 saturated heterocycles. The van der Waals surface area contributed by atoms with Crippen LogP contribution in [-0.4, -0.2) is 18.2 Å². The largest absolute Gasteiger partial charge is 0.381 e. The van der Waals surface area contributed by atoms with E-state index in [-0.39, 0.29) is 0 Å². The van der Waals surface area contributed by atoms with Crippen LogP contribution in [0.2, 0.25) is 0 Å². The Labute approximate surface area is 124 Å². The monoisotopic (exact) mass is 281 g/mol. The van der Waals surface area contributed by atoms with E-state index in [1.165, 1.54) is 17.5 Å². The van der Waals surface area contributed by atoms with Gasteiger partial charge in [-0.15, -0.1) is 0 Å². The first-order chi connectivity index (χ1) is 10.4. The summed E-state index contributed by atoms with van der Waals surface area (Å²) in [6.45, 7) is 2.55. The average Bonchev–Trinajstić information content (AvgIpc) is 2.74. The number of anilines is 3. The zero-order chi connectivity index (χ0) is 14.1. The molecule has 2 aliphatic heterocycles. The summed E-state index contributed by atoms with van der Waals surface area (Å²) in [5.74, 6) is 1.46. The smallest absolute Gasteiger partial charge is 0.135 e. The Balaban J connectivity index is 1.64. The normalized spacial score (nSPS) is 20.5. The fourth-order valence-corrected chi connectivity index (χ4v) is 3.09. The lowest BCUT2D eigenvalue weighted by Crippen LogP contribution is -2.15. The molecule has 0 radical (unpaired) electrons. The number of nitrogens with one attached hydrogen (secondary N) is 2. The lowest BCUT2D eigenvalue weighted by Gasteiger charge is -2.23. The number of ether oxygens (including phenoxy) is 1. The zero-order valence-electron chi connectivity index (χ0n) is 11.9. The molecule has 108 valence electrons. The van der Waals surface area contributed by atoms with Gasteiger partial charge in [0.15, 0.2) is 0 Å². The Morgan fingerprint density at radius 1 is 1.19 bits per heavy atom. The average molecular weight is 281 g/mol. The number of rotatable bonds is 1. The van der Waals surface area contributed by atoms with E-state index in [0.29, 0.717) is 5.92 Å². The fraction of sp³-hybridized carbons (Fsp3) is 0.353. The molecule has 1 aromatic carbocycles. The van der Waals surface area contributed by atoms with Crippen molar-refractivity contribution >= 4 is 17.2 Å². The standard InChI is InChI=1S/C17H19N3O/c1-3-13-10-19-16-9-12(14-4-2-8-21-11-14)5-6-15(16)20-17(13)18-7-1/h1,3,5-7,9,14,19H,2,4,8,10-11H2,(H,18,20)/t14-/m1/s1. The molecule has 1 atom stereocenters. The highest BCUT2D eigenvalue weighted by Crippen LogP contribution is 2.34. The highest BCUT2D eigenvalue weighted by atomic mass is 16.5. The van der Waals surface area contributed by atoms with Crippen LogP contribution in [0.5, 0.6) is 0 Å². The number of nitrogens with zero attached hydrogens (tertiary/aromatic N) is 1. The van der Waals surface area contributed by atoms with Gasteiger partial charge in [0.25, 0.3) is 0 Å². The number of hydrogen-bond acceptors (Lipinski definition) is 4. The van der Waals surface area contributed by atoms with E-state index in [0.717, 1.165) is 43.4 Å². The van der Waals surface area contributed by atoms with Crippen molar-refractivity contribution in [2.24, 2.45) is 0 Å². The van der Waals surface area contributed by atoms with Gasteiger partial charge in [0.1, 0.15) is 5.82 Å². The number of benzene rings is 1. The van der Waals surface area contributed by atoms with Crippen LogP contribution in [0.25, 0.3) is 0 Å². The van der Waals surface area contributed by atoms with Crippen molar-refractivity contribution < 1.29 is 4.74 Å².